The van der Waals surface area contributed by atoms with Crippen molar-refractivity contribution in [3.63, 3.8) is 0 Å². The molecule has 0 saturated carbocycles. The molecule has 0 aliphatic rings. The van der Waals surface area contributed by atoms with Crippen molar-refractivity contribution >= 4 is 34.1 Å². The van der Waals surface area contributed by atoms with Gasteiger partial charge in [0.25, 0.3) is 0 Å². The number of anilines is 6. The van der Waals surface area contributed by atoms with E-state index < -0.39 is 0 Å². The number of hydrogen-bond acceptors (Lipinski definition) is 4. The molecular formula is C38H32N2O2. The van der Waals surface area contributed by atoms with Crippen molar-refractivity contribution in [2.45, 2.75) is 13.2 Å². The van der Waals surface area contributed by atoms with Crippen LogP contribution in [0.25, 0.3) is 11.1 Å². The lowest BCUT2D eigenvalue weighted by atomic mass is 10.0. The van der Waals surface area contributed by atoms with Gasteiger partial charge in [0, 0.05) is 34.1 Å². The van der Waals surface area contributed by atoms with Crippen LogP contribution >= 0.6 is 0 Å². The molecule has 206 valence electrons. The summed E-state index contributed by atoms with van der Waals surface area (Å²) in [6, 6.07) is 53.8. The van der Waals surface area contributed by atoms with Gasteiger partial charge in [-0.3, -0.25) is 0 Å². The summed E-state index contributed by atoms with van der Waals surface area (Å²) in [7, 11) is 0. The third kappa shape index (κ3) is 5.81. The largest absolute Gasteiger partial charge is 0.392 e. The van der Waals surface area contributed by atoms with Crippen LogP contribution in [0.2, 0.25) is 0 Å². The first kappa shape index (κ1) is 27.0. The van der Waals surface area contributed by atoms with Gasteiger partial charge in [-0.25, -0.2) is 0 Å². The zero-order valence-electron chi connectivity index (χ0n) is 23.2. The predicted molar refractivity (Wildman–Crippen MR) is 173 cm³/mol. The number of nitrogens with zero attached hydrogens (tertiary/aromatic N) is 2. The van der Waals surface area contributed by atoms with Crippen molar-refractivity contribution in [3.8, 4) is 11.1 Å². The monoisotopic (exact) mass is 548 g/mol. The Hall–Kier alpha value is -5.16. The van der Waals surface area contributed by atoms with Crippen molar-refractivity contribution in [3.05, 3.63) is 169 Å². The molecule has 0 radical (unpaired) electrons. The molecule has 0 spiro atoms. The highest BCUT2D eigenvalue weighted by Crippen LogP contribution is 2.38. The fourth-order valence-corrected chi connectivity index (χ4v) is 5.16. The van der Waals surface area contributed by atoms with E-state index in [-0.39, 0.29) is 13.2 Å². The summed E-state index contributed by atoms with van der Waals surface area (Å²) >= 11 is 0. The van der Waals surface area contributed by atoms with Gasteiger partial charge in [0.15, 0.2) is 0 Å². The number of benzene rings is 6. The summed E-state index contributed by atoms with van der Waals surface area (Å²) < 4.78 is 0. The maximum atomic E-state index is 9.50. The van der Waals surface area contributed by atoms with E-state index in [1.165, 1.54) is 0 Å². The van der Waals surface area contributed by atoms with E-state index in [2.05, 4.69) is 82.6 Å². The second-order valence-electron chi connectivity index (χ2n) is 10.1. The molecule has 42 heavy (non-hydrogen) atoms. The van der Waals surface area contributed by atoms with Crippen molar-refractivity contribution < 1.29 is 10.2 Å². The van der Waals surface area contributed by atoms with Crippen LogP contribution in [-0.2, 0) is 13.2 Å². The average molecular weight is 549 g/mol. The molecule has 0 aliphatic heterocycles. The highest BCUT2D eigenvalue weighted by atomic mass is 16.3. The van der Waals surface area contributed by atoms with Crippen LogP contribution in [0.15, 0.2) is 158 Å². The third-order valence-electron chi connectivity index (χ3n) is 7.37. The van der Waals surface area contributed by atoms with Gasteiger partial charge in [-0.2, -0.15) is 0 Å². The van der Waals surface area contributed by atoms with Gasteiger partial charge < -0.3 is 20.0 Å². The molecule has 6 aromatic rings. The molecule has 0 amide bonds. The van der Waals surface area contributed by atoms with Gasteiger partial charge in [-0.05, 0) is 95.1 Å². The summed E-state index contributed by atoms with van der Waals surface area (Å²) in [5.74, 6) is 0. The van der Waals surface area contributed by atoms with E-state index in [1.807, 2.05) is 84.9 Å². The minimum absolute atomic E-state index is 0.0260. The SMILES string of the molecule is OCc1ccc(N(c2ccccc2)c2ccc(-c3ccc(N(c4ccccc4)c4ccc(CO)cc4)cc3)cc2)cc1. The summed E-state index contributed by atoms with van der Waals surface area (Å²) in [6.45, 7) is 0.0520. The van der Waals surface area contributed by atoms with Crippen LogP contribution in [0.1, 0.15) is 11.1 Å². The van der Waals surface area contributed by atoms with Crippen LogP contribution in [-0.4, -0.2) is 10.2 Å². The highest BCUT2D eigenvalue weighted by molar-refractivity contribution is 5.80. The van der Waals surface area contributed by atoms with Crippen LogP contribution in [0.3, 0.4) is 0 Å². The fraction of sp³-hybridized carbons (Fsp3) is 0.0526. The van der Waals surface area contributed by atoms with E-state index in [0.717, 1.165) is 56.4 Å². The first-order valence-corrected chi connectivity index (χ1v) is 14.0. The Labute approximate surface area is 247 Å². The Morgan fingerprint density at radius 3 is 0.857 bits per heavy atom. The molecule has 0 atom stereocenters. The number of aliphatic hydroxyl groups is 2. The molecule has 0 bridgehead atoms. The van der Waals surface area contributed by atoms with E-state index in [4.69, 9.17) is 0 Å². The van der Waals surface area contributed by atoms with Crippen LogP contribution in [0.4, 0.5) is 34.1 Å². The van der Waals surface area contributed by atoms with E-state index in [1.54, 1.807) is 0 Å². The second kappa shape index (κ2) is 12.6. The molecule has 4 heteroatoms. The lowest BCUT2D eigenvalue weighted by Crippen LogP contribution is -2.10. The third-order valence-corrected chi connectivity index (χ3v) is 7.37. The van der Waals surface area contributed by atoms with E-state index in [9.17, 15) is 10.2 Å². The molecule has 0 fully saturated rings. The summed E-state index contributed by atoms with van der Waals surface area (Å²) in [4.78, 5) is 4.43. The topological polar surface area (TPSA) is 46.9 Å². The minimum atomic E-state index is 0.0260. The zero-order chi connectivity index (χ0) is 28.7. The maximum Gasteiger partial charge on any atom is 0.0681 e. The molecule has 6 rings (SSSR count). The fourth-order valence-electron chi connectivity index (χ4n) is 5.16. The molecule has 0 heterocycles. The van der Waals surface area contributed by atoms with Crippen LogP contribution in [0, 0.1) is 0 Å². The summed E-state index contributed by atoms with van der Waals surface area (Å²) in [5, 5.41) is 19.0. The quantitative estimate of drug-likeness (QED) is 0.189. The van der Waals surface area contributed by atoms with Crippen molar-refractivity contribution in [2.24, 2.45) is 0 Å². The molecule has 0 aromatic heterocycles. The van der Waals surface area contributed by atoms with Gasteiger partial charge >= 0.3 is 0 Å². The maximum absolute atomic E-state index is 9.50. The molecule has 0 unspecified atom stereocenters. The summed E-state index contributed by atoms with van der Waals surface area (Å²) in [6.07, 6.45) is 0. The van der Waals surface area contributed by atoms with Crippen molar-refractivity contribution in [2.75, 3.05) is 9.80 Å². The second-order valence-corrected chi connectivity index (χ2v) is 10.1. The number of rotatable bonds is 9. The zero-order valence-corrected chi connectivity index (χ0v) is 23.2. The number of para-hydroxylation sites is 2. The predicted octanol–water partition coefficient (Wildman–Crippen LogP) is 9.28. The molecule has 2 N–H and O–H groups in total. The molecular weight excluding hydrogens is 516 g/mol. The lowest BCUT2D eigenvalue weighted by Gasteiger charge is -2.26. The first-order chi connectivity index (χ1) is 20.7. The van der Waals surface area contributed by atoms with Crippen LogP contribution in [0.5, 0.6) is 0 Å². The number of aliphatic hydroxyl groups excluding tert-OH is 2. The van der Waals surface area contributed by atoms with Gasteiger partial charge in [-0.15, -0.1) is 0 Å². The van der Waals surface area contributed by atoms with Crippen LogP contribution < -0.4 is 9.80 Å². The normalized spacial score (nSPS) is 10.8. The van der Waals surface area contributed by atoms with E-state index >= 15 is 0 Å². The standard InChI is InChI=1S/C38H32N2O2/c41-27-29-11-19-35(20-12-29)39(33-7-3-1-4-8-33)37-23-15-31(16-24-37)32-17-25-38(26-18-32)40(34-9-5-2-6-10-34)36-21-13-30(28-42)14-22-36/h1-26,41-42H,27-28H2. The first-order valence-electron chi connectivity index (χ1n) is 14.0. The van der Waals surface area contributed by atoms with Gasteiger partial charge in [0.1, 0.15) is 0 Å². The summed E-state index contributed by atoms with van der Waals surface area (Å²) in [5.41, 5.74) is 10.3. The highest BCUT2D eigenvalue weighted by Gasteiger charge is 2.14. The van der Waals surface area contributed by atoms with Gasteiger partial charge in [-0.1, -0.05) is 84.9 Å². The Morgan fingerprint density at radius 1 is 0.310 bits per heavy atom. The Bertz CT molecular complexity index is 1570. The Kier molecular flexibility index (Phi) is 8.09. The minimum Gasteiger partial charge on any atom is -0.392 e. The number of hydrogen-bond donors (Lipinski definition) is 2. The Morgan fingerprint density at radius 2 is 0.571 bits per heavy atom. The van der Waals surface area contributed by atoms with Crippen molar-refractivity contribution in [1.29, 1.82) is 0 Å². The smallest absolute Gasteiger partial charge is 0.0681 e. The molecule has 0 saturated heterocycles. The van der Waals surface area contributed by atoms with Gasteiger partial charge in [0.2, 0.25) is 0 Å². The Balaban J connectivity index is 1.30. The molecule has 0 aliphatic carbocycles. The lowest BCUT2D eigenvalue weighted by molar-refractivity contribution is 0.281. The van der Waals surface area contributed by atoms with E-state index in [0.29, 0.717) is 0 Å². The molecule has 6 aromatic carbocycles. The van der Waals surface area contributed by atoms with Gasteiger partial charge in [0.05, 0.1) is 13.2 Å². The average Bonchev–Trinajstić information content (AvgIpc) is 3.07. The van der Waals surface area contributed by atoms with Crippen molar-refractivity contribution in [1.82, 2.24) is 0 Å². The molecule has 4 nitrogen and oxygen atoms in total.